The van der Waals surface area contributed by atoms with Crippen LogP contribution in [0.15, 0.2) is 51.4 Å². The lowest BCUT2D eigenvalue weighted by Gasteiger charge is -2.08. The molecule has 0 aliphatic rings. The number of halogens is 2. The summed E-state index contributed by atoms with van der Waals surface area (Å²) in [5, 5.41) is 0. The van der Waals surface area contributed by atoms with Crippen LogP contribution in [0.4, 0.5) is 0 Å². The second-order valence-electron chi connectivity index (χ2n) is 5.25. The molecule has 2 aromatic rings. The zero-order valence-electron chi connectivity index (χ0n) is 11.5. The third-order valence-electron chi connectivity index (χ3n) is 3.01. The molecule has 0 aliphatic carbocycles. The summed E-state index contributed by atoms with van der Waals surface area (Å²) in [6.07, 6.45) is 0.989. The fraction of sp³-hybridized carbons (Fsp3) is 0.235. The van der Waals surface area contributed by atoms with Crippen LogP contribution in [0.2, 0.25) is 0 Å². The van der Waals surface area contributed by atoms with E-state index in [0.717, 1.165) is 20.9 Å². The van der Waals surface area contributed by atoms with E-state index in [2.05, 4.69) is 51.8 Å². The van der Waals surface area contributed by atoms with Gasteiger partial charge in [0.2, 0.25) is 0 Å². The molecule has 0 saturated heterocycles. The summed E-state index contributed by atoms with van der Waals surface area (Å²) < 4.78 is 1.76. The molecule has 0 spiro atoms. The maximum atomic E-state index is 12.6. The Bertz CT molecular complexity index is 633. The van der Waals surface area contributed by atoms with Gasteiger partial charge >= 0.3 is 0 Å². The highest BCUT2D eigenvalue weighted by Gasteiger charge is 2.13. The second kappa shape index (κ2) is 6.68. The molecule has 0 amide bonds. The number of hydrogen-bond donors (Lipinski definition) is 0. The van der Waals surface area contributed by atoms with Crippen molar-refractivity contribution in [2.75, 3.05) is 0 Å². The molecule has 0 radical (unpaired) electrons. The van der Waals surface area contributed by atoms with Gasteiger partial charge in [-0.3, -0.25) is 4.79 Å². The minimum Gasteiger partial charge on any atom is -0.289 e. The lowest BCUT2D eigenvalue weighted by atomic mass is 9.97. The molecule has 104 valence electrons. The molecule has 2 aromatic carbocycles. The number of rotatable bonds is 4. The molecule has 0 atom stereocenters. The van der Waals surface area contributed by atoms with Crippen molar-refractivity contribution in [1.82, 2.24) is 0 Å². The van der Waals surface area contributed by atoms with Gasteiger partial charge in [0, 0.05) is 20.1 Å². The van der Waals surface area contributed by atoms with E-state index in [0.29, 0.717) is 11.5 Å². The van der Waals surface area contributed by atoms with Crippen LogP contribution in [0.3, 0.4) is 0 Å². The van der Waals surface area contributed by atoms with E-state index >= 15 is 0 Å². The van der Waals surface area contributed by atoms with Crippen molar-refractivity contribution in [3.8, 4) is 0 Å². The maximum Gasteiger partial charge on any atom is 0.194 e. The molecule has 1 nitrogen and oxygen atoms in total. The first-order chi connectivity index (χ1) is 9.47. The molecule has 3 heteroatoms. The maximum absolute atomic E-state index is 12.6. The highest BCUT2D eigenvalue weighted by molar-refractivity contribution is 9.11. The van der Waals surface area contributed by atoms with Crippen molar-refractivity contribution in [3.63, 3.8) is 0 Å². The molecule has 0 aromatic heterocycles. The third-order valence-corrected chi connectivity index (χ3v) is 4.16. The molecule has 2 rings (SSSR count). The standard InChI is InChI=1S/C17H16Br2O/c1-11(2)8-12-4-3-5-13(9-12)17(20)15-7-6-14(18)10-16(15)19/h3-7,9-11H,8H2,1-2H3. The summed E-state index contributed by atoms with van der Waals surface area (Å²) in [5.74, 6) is 0.634. The summed E-state index contributed by atoms with van der Waals surface area (Å²) in [7, 11) is 0. The van der Waals surface area contributed by atoms with Crippen LogP contribution in [0.25, 0.3) is 0 Å². The zero-order valence-corrected chi connectivity index (χ0v) is 14.7. The predicted molar refractivity (Wildman–Crippen MR) is 90.3 cm³/mol. The third kappa shape index (κ3) is 3.80. The first kappa shape index (κ1) is 15.5. The quantitative estimate of drug-likeness (QED) is 0.612. The lowest BCUT2D eigenvalue weighted by Crippen LogP contribution is -2.04. The first-order valence-corrected chi connectivity index (χ1v) is 8.14. The van der Waals surface area contributed by atoms with Gasteiger partial charge in [0.05, 0.1) is 0 Å². The highest BCUT2D eigenvalue weighted by Crippen LogP contribution is 2.24. The number of carbonyl (C=O) groups is 1. The number of hydrogen-bond acceptors (Lipinski definition) is 1. The van der Waals surface area contributed by atoms with E-state index in [9.17, 15) is 4.79 Å². The molecule has 0 unspecified atom stereocenters. The van der Waals surface area contributed by atoms with Crippen molar-refractivity contribution in [3.05, 3.63) is 68.1 Å². The Kier molecular flexibility index (Phi) is 5.17. The Labute approximate surface area is 136 Å². The molecule has 0 fully saturated rings. The van der Waals surface area contributed by atoms with Crippen LogP contribution >= 0.6 is 31.9 Å². The van der Waals surface area contributed by atoms with Crippen molar-refractivity contribution in [2.24, 2.45) is 5.92 Å². The van der Waals surface area contributed by atoms with Crippen LogP contribution in [0, 0.1) is 5.92 Å². The van der Waals surface area contributed by atoms with Crippen LogP contribution in [-0.2, 0) is 6.42 Å². The van der Waals surface area contributed by atoms with Gasteiger partial charge in [0.1, 0.15) is 0 Å². The molecule has 0 saturated carbocycles. The van der Waals surface area contributed by atoms with Gasteiger partial charge in [0.15, 0.2) is 5.78 Å². The number of carbonyl (C=O) groups excluding carboxylic acids is 1. The Morgan fingerprint density at radius 2 is 1.85 bits per heavy atom. The van der Waals surface area contributed by atoms with Gasteiger partial charge in [-0.25, -0.2) is 0 Å². The smallest absolute Gasteiger partial charge is 0.194 e. The fourth-order valence-corrected chi connectivity index (χ4v) is 3.37. The van der Waals surface area contributed by atoms with Gasteiger partial charge in [0.25, 0.3) is 0 Å². The Morgan fingerprint density at radius 1 is 1.10 bits per heavy atom. The Morgan fingerprint density at radius 3 is 2.50 bits per heavy atom. The van der Waals surface area contributed by atoms with Gasteiger partial charge < -0.3 is 0 Å². The number of ketones is 1. The van der Waals surface area contributed by atoms with Crippen molar-refractivity contribution in [1.29, 1.82) is 0 Å². The first-order valence-electron chi connectivity index (χ1n) is 6.56. The van der Waals surface area contributed by atoms with Crippen LogP contribution in [-0.4, -0.2) is 5.78 Å². The molecule has 0 bridgehead atoms. The highest BCUT2D eigenvalue weighted by atomic mass is 79.9. The molecule has 0 heterocycles. The van der Waals surface area contributed by atoms with Gasteiger partial charge in [-0.15, -0.1) is 0 Å². The number of benzene rings is 2. The fourth-order valence-electron chi connectivity index (χ4n) is 2.14. The van der Waals surface area contributed by atoms with Crippen molar-refractivity contribution < 1.29 is 4.79 Å². The zero-order chi connectivity index (χ0) is 14.7. The van der Waals surface area contributed by atoms with E-state index in [1.54, 1.807) is 0 Å². The van der Waals surface area contributed by atoms with Crippen LogP contribution < -0.4 is 0 Å². The average molecular weight is 396 g/mol. The van der Waals surface area contributed by atoms with Gasteiger partial charge in [-0.2, -0.15) is 0 Å². The molecular formula is C17H16Br2O. The normalized spacial score (nSPS) is 10.8. The largest absolute Gasteiger partial charge is 0.289 e. The van der Waals surface area contributed by atoms with Gasteiger partial charge in [-0.1, -0.05) is 48.0 Å². The van der Waals surface area contributed by atoms with Crippen LogP contribution in [0.1, 0.15) is 35.3 Å². The van der Waals surface area contributed by atoms with E-state index in [4.69, 9.17) is 0 Å². The van der Waals surface area contributed by atoms with E-state index in [1.807, 2.05) is 36.4 Å². The second-order valence-corrected chi connectivity index (χ2v) is 7.02. The SMILES string of the molecule is CC(C)Cc1cccc(C(=O)c2ccc(Br)cc2Br)c1. The summed E-state index contributed by atoms with van der Waals surface area (Å²) >= 11 is 6.85. The summed E-state index contributed by atoms with van der Waals surface area (Å²) in [6.45, 7) is 4.36. The predicted octanol–water partition coefficient (Wildman–Crippen LogP) is 5.64. The van der Waals surface area contributed by atoms with E-state index in [1.165, 1.54) is 5.56 Å². The summed E-state index contributed by atoms with van der Waals surface area (Å²) in [4.78, 5) is 12.6. The topological polar surface area (TPSA) is 17.1 Å². The van der Waals surface area contributed by atoms with E-state index < -0.39 is 0 Å². The lowest BCUT2D eigenvalue weighted by molar-refractivity contribution is 0.103. The summed E-state index contributed by atoms with van der Waals surface area (Å²) in [6, 6.07) is 13.5. The molecule has 0 aliphatic heterocycles. The minimum atomic E-state index is 0.0509. The Hall–Kier alpha value is -0.930. The summed E-state index contributed by atoms with van der Waals surface area (Å²) in [5.41, 5.74) is 2.64. The van der Waals surface area contributed by atoms with Crippen molar-refractivity contribution in [2.45, 2.75) is 20.3 Å². The monoisotopic (exact) mass is 394 g/mol. The minimum absolute atomic E-state index is 0.0509. The van der Waals surface area contributed by atoms with E-state index in [-0.39, 0.29) is 5.78 Å². The van der Waals surface area contributed by atoms with Crippen LogP contribution in [0.5, 0.6) is 0 Å². The molecule has 20 heavy (non-hydrogen) atoms. The van der Waals surface area contributed by atoms with Crippen molar-refractivity contribution >= 4 is 37.6 Å². The molecular weight excluding hydrogens is 380 g/mol. The van der Waals surface area contributed by atoms with Gasteiger partial charge in [-0.05, 0) is 58.1 Å². The Balaban J connectivity index is 2.33. The average Bonchev–Trinajstić information content (AvgIpc) is 2.37. The molecule has 0 N–H and O–H groups in total.